The number of nitriles is 1. The summed E-state index contributed by atoms with van der Waals surface area (Å²) in [7, 11) is 0. The highest BCUT2D eigenvalue weighted by molar-refractivity contribution is 5.99. The normalized spacial score (nSPS) is 24.8. The maximum atomic E-state index is 14.0. The van der Waals surface area contributed by atoms with E-state index in [0.29, 0.717) is 13.1 Å². The lowest BCUT2D eigenvalue weighted by Gasteiger charge is -2.42. The van der Waals surface area contributed by atoms with Crippen molar-refractivity contribution in [3.05, 3.63) is 47.2 Å². The first kappa shape index (κ1) is 16.4. The average molecular weight is 335 g/mol. The van der Waals surface area contributed by atoms with Crippen LogP contribution >= 0.6 is 0 Å². The van der Waals surface area contributed by atoms with Crippen LogP contribution in [0.3, 0.4) is 0 Å². The van der Waals surface area contributed by atoms with Gasteiger partial charge < -0.3 is 10.2 Å². The molecule has 2 aliphatic rings. The van der Waals surface area contributed by atoms with Crippen molar-refractivity contribution in [3.63, 3.8) is 0 Å². The number of carbonyl (C=O) groups is 1. The molecule has 2 heterocycles. The zero-order valence-corrected chi connectivity index (χ0v) is 12.9. The van der Waals surface area contributed by atoms with Crippen molar-refractivity contribution in [3.8, 4) is 6.07 Å². The highest BCUT2D eigenvalue weighted by atomic mass is 19.4. The molecule has 1 aromatic rings. The van der Waals surface area contributed by atoms with Gasteiger partial charge in [0.05, 0.1) is 0 Å². The highest BCUT2D eigenvalue weighted by Crippen LogP contribution is 2.46. The summed E-state index contributed by atoms with van der Waals surface area (Å²) in [5.74, 6) is -0.966. The fraction of sp³-hybridized carbons (Fsp3) is 0.412. The minimum atomic E-state index is -4.68. The van der Waals surface area contributed by atoms with Gasteiger partial charge >= 0.3 is 6.18 Å². The molecule has 1 fully saturated rings. The van der Waals surface area contributed by atoms with Gasteiger partial charge in [0, 0.05) is 25.2 Å². The van der Waals surface area contributed by atoms with Crippen molar-refractivity contribution in [2.24, 2.45) is 0 Å². The number of benzene rings is 1. The van der Waals surface area contributed by atoms with E-state index in [1.54, 1.807) is 17.0 Å². The number of nitrogens with one attached hydrogen (secondary N) is 1. The standard InChI is InChI=1S/C17H16F3N3O/c18-17(19,20)16(12-6-2-1-3-7-12)10-14(23-8-4-5-9-23)13(11-21)15(24)22-16/h1-3,6-7H,4-5,8-10H2,(H,22,24). The Labute approximate surface area is 137 Å². The van der Waals surface area contributed by atoms with E-state index in [4.69, 9.17) is 0 Å². The predicted octanol–water partition coefficient (Wildman–Crippen LogP) is 2.84. The van der Waals surface area contributed by atoms with Crippen molar-refractivity contribution in [2.45, 2.75) is 31.0 Å². The summed E-state index contributed by atoms with van der Waals surface area (Å²) in [5, 5.41) is 11.3. The Balaban J connectivity index is 2.15. The number of likely N-dealkylation sites (tertiary alicyclic amines) is 1. The van der Waals surface area contributed by atoms with Crippen LogP contribution in [0.5, 0.6) is 0 Å². The number of alkyl halides is 3. The van der Waals surface area contributed by atoms with Crippen LogP contribution in [0.2, 0.25) is 0 Å². The highest BCUT2D eigenvalue weighted by Gasteiger charge is 2.60. The smallest absolute Gasteiger partial charge is 0.374 e. The second kappa shape index (κ2) is 5.86. The van der Waals surface area contributed by atoms with Crippen LogP contribution < -0.4 is 5.32 Å². The first-order valence-corrected chi connectivity index (χ1v) is 7.72. The Morgan fingerprint density at radius 2 is 1.79 bits per heavy atom. The van der Waals surface area contributed by atoms with Gasteiger partial charge in [-0.25, -0.2) is 0 Å². The second-order valence-corrected chi connectivity index (χ2v) is 6.03. The van der Waals surface area contributed by atoms with Gasteiger partial charge in [0.15, 0.2) is 5.54 Å². The third-order valence-electron chi connectivity index (χ3n) is 4.63. The molecule has 1 amide bonds. The summed E-state index contributed by atoms with van der Waals surface area (Å²) in [5.41, 5.74) is -2.56. The van der Waals surface area contributed by atoms with E-state index < -0.39 is 24.0 Å². The minimum absolute atomic E-state index is 0.0282. The quantitative estimate of drug-likeness (QED) is 0.904. The van der Waals surface area contributed by atoms with Crippen LogP contribution in [0.25, 0.3) is 0 Å². The van der Waals surface area contributed by atoms with Gasteiger partial charge in [-0.05, 0) is 18.4 Å². The van der Waals surface area contributed by atoms with E-state index in [1.807, 2.05) is 0 Å². The molecule has 0 radical (unpaired) electrons. The molecule has 4 nitrogen and oxygen atoms in total. The Hall–Kier alpha value is -2.49. The van der Waals surface area contributed by atoms with E-state index >= 15 is 0 Å². The maximum Gasteiger partial charge on any atom is 0.416 e. The fourth-order valence-electron chi connectivity index (χ4n) is 3.38. The minimum Gasteiger partial charge on any atom is -0.374 e. The first-order valence-electron chi connectivity index (χ1n) is 7.72. The molecule has 0 bridgehead atoms. The molecule has 24 heavy (non-hydrogen) atoms. The molecule has 7 heteroatoms. The molecular formula is C17H16F3N3O. The summed E-state index contributed by atoms with van der Waals surface area (Å²) in [6.07, 6.45) is -3.46. The molecule has 0 aromatic heterocycles. The number of hydrogen-bond acceptors (Lipinski definition) is 3. The third-order valence-corrected chi connectivity index (χ3v) is 4.63. The van der Waals surface area contributed by atoms with Gasteiger partial charge in [0.1, 0.15) is 11.6 Å². The number of hydrogen-bond donors (Lipinski definition) is 1. The Morgan fingerprint density at radius 3 is 2.33 bits per heavy atom. The number of rotatable bonds is 2. The SMILES string of the molecule is N#CC1=C(N2CCCC2)CC(c2ccccc2)(C(F)(F)F)NC1=O. The first-order chi connectivity index (χ1) is 11.4. The van der Waals surface area contributed by atoms with Gasteiger partial charge in [0.25, 0.3) is 5.91 Å². The van der Waals surface area contributed by atoms with Crippen LogP contribution in [0.4, 0.5) is 13.2 Å². The van der Waals surface area contributed by atoms with Gasteiger partial charge in [-0.15, -0.1) is 0 Å². The summed E-state index contributed by atoms with van der Waals surface area (Å²) in [4.78, 5) is 14.0. The van der Waals surface area contributed by atoms with Crippen LogP contribution in [0, 0.1) is 11.3 Å². The van der Waals surface area contributed by atoms with E-state index in [1.165, 1.54) is 24.3 Å². The molecule has 0 saturated carbocycles. The van der Waals surface area contributed by atoms with Crippen molar-refractivity contribution >= 4 is 5.91 Å². The average Bonchev–Trinajstić information content (AvgIpc) is 3.08. The van der Waals surface area contributed by atoms with Crippen molar-refractivity contribution in [2.75, 3.05) is 13.1 Å². The zero-order chi connectivity index (χ0) is 17.4. The number of halogens is 3. The fourth-order valence-corrected chi connectivity index (χ4v) is 3.38. The molecular weight excluding hydrogens is 319 g/mol. The van der Waals surface area contributed by atoms with E-state index in [0.717, 1.165) is 12.8 Å². The lowest BCUT2D eigenvalue weighted by Crippen LogP contribution is -2.59. The molecule has 2 aliphatic heterocycles. The van der Waals surface area contributed by atoms with E-state index in [9.17, 15) is 23.2 Å². The van der Waals surface area contributed by atoms with Crippen LogP contribution in [0.1, 0.15) is 24.8 Å². The zero-order valence-electron chi connectivity index (χ0n) is 12.9. The summed E-state index contributed by atoms with van der Waals surface area (Å²) in [6, 6.07) is 9.12. The van der Waals surface area contributed by atoms with Gasteiger partial charge in [-0.2, -0.15) is 18.4 Å². The Bertz CT molecular complexity index is 715. The van der Waals surface area contributed by atoms with Gasteiger partial charge in [0.2, 0.25) is 0 Å². The third kappa shape index (κ3) is 2.52. The van der Waals surface area contributed by atoms with E-state index in [2.05, 4.69) is 5.32 Å². The maximum absolute atomic E-state index is 14.0. The van der Waals surface area contributed by atoms with Gasteiger partial charge in [-0.1, -0.05) is 30.3 Å². The summed E-state index contributed by atoms with van der Waals surface area (Å²) < 4.78 is 42.0. The van der Waals surface area contributed by atoms with Crippen molar-refractivity contribution in [1.82, 2.24) is 10.2 Å². The van der Waals surface area contributed by atoms with Gasteiger partial charge in [-0.3, -0.25) is 4.79 Å². The Kier molecular flexibility index (Phi) is 3.99. The summed E-state index contributed by atoms with van der Waals surface area (Å²) >= 11 is 0. The lowest BCUT2D eigenvalue weighted by molar-refractivity contribution is -0.204. The largest absolute Gasteiger partial charge is 0.416 e. The van der Waals surface area contributed by atoms with Crippen molar-refractivity contribution < 1.29 is 18.0 Å². The molecule has 1 unspecified atom stereocenters. The molecule has 1 N–H and O–H groups in total. The topological polar surface area (TPSA) is 56.1 Å². The van der Waals surface area contributed by atoms with Crippen LogP contribution in [-0.2, 0) is 10.3 Å². The lowest BCUT2D eigenvalue weighted by atomic mass is 9.80. The van der Waals surface area contributed by atoms with Crippen LogP contribution in [-0.4, -0.2) is 30.1 Å². The summed E-state index contributed by atoms with van der Waals surface area (Å²) in [6.45, 7) is 1.13. The van der Waals surface area contributed by atoms with Crippen LogP contribution in [0.15, 0.2) is 41.6 Å². The monoisotopic (exact) mass is 335 g/mol. The van der Waals surface area contributed by atoms with E-state index in [-0.39, 0.29) is 16.8 Å². The predicted molar refractivity (Wildman–Crippen MR) is 80.4 cm³/mol. The molecule has 126 valence electrons. The molecule has 1 aromatic carbocycles. The number of nitrogens with zero attached hydrogens (tertiary/aromatic N) is 2. The molecule has 3 rings (SSSR count). The second-order valence-electron chi connectivity index (χ2n) is 6.03. The molecule has 1 saturated heterocycles. The molecule has 1 atom stereocenters. The molecule has 0 aliphatic carbocycles. The van der Waals surface area contributed by atoms with Crippen molar-refractivity contribution in [1.29, 1.82) is 5.26 Å². The molecule has 0 spiro atoms. The number of amides is 1. The number of carbonyl (C=O) groups excluding carboxylic acids is 1. The Morgan fingerprint density at radius 1 is 1.17 bits per heavy atom.